The fourth-order valence-corrected chi connectivity index (χ4v) is 4.45. The fraction of sp³-hybridized carbons (Fsp3) is 0.194. The third kappa shape index (κ3) is 7.29. The van der Waals surface area contributed by atoms with E-state index in [1.807, 2.05) is 37.3 Å². The summed E-state index contributed by atoms with van der Waals surface area (Å²) in [6.45, 7) is 16.5. The fourth-order valence-electron chi connectivity index (χ4n) is 4.45. The van der Waals surface area contributed by atoms with Gasteiger partial charge in [-0.05, 0) is 83.0 Å². The molecule has 1 unspecified atom stereocenters. The molecule has 1 N–H and O–H groups in total. The van der Waals surface area contributed by atoms with E-state index in [1.54, 1.807) is 26.3 Å². The molecule has 0 bridgehead atoms. The first-order chi connectivity index (χ1) is 19.3. The first-order valence-electron chi connectivity index (χ1n) is 13.0. The zero-order valence-corrected chi connectivity index (χ0v) is 24.5. The summed E-state index contributed by atoms with van der Waals surface area (Å²) in [6, 6.07) is 27.5. The highest BCUT2D eigenvalue weighted by atomic mass is 19.1. The minimum atomic E-state index is -0.244. The van der Waals surface area contributed by atoms with Gasteiger partial charge in [-0.25, -0.2) is 4.39 Å². The minimum Gasteiger partial charge on any atom is -0.400 e. The van der Waals surface area contributed by atoms with E-state index < -0.39 is 0 Å². The third-order valence-electron chi connectivity index (χ3n) is 6.89. The van der Waals surface area contributed by atoms with Crippen LogP contribution < -0.4 is 10.4 Å². The van der Waals surface area contributed by atoms with Gasteiger partial charge in [-0.1, -0.05) is 73.3 Å². The molecule has 1 aliphatic carbocycles. The Morgan fingerprint density at radius 2 is 1.50 bits per heavy atom. The van der Waals surface area contributed by atoms with Crippen molar-refractivity contribution in [2.45, 2.75) is 26.4 Å². The molecular formula is C36H40FNO2. The van der Waals surface area contributed by atoms with Crippen molar-refractivity contribution in [1.82, 2.24) is 0 Å². The number of hydrogen-bond donors (Lipinski definition) is 1. The number of rotatable bonds is 4. The van der Waals surface area contributed by atoms with E-state index in [-0.39, 0.29) is 11.4 Å². The smallest absolute Gasteiger partial charge is 0.123 e. The highest BCUT2D eigenvalue weighted by Gasteiger charge is 2.35. The molecular weight excluding hydrogens is 497 g/mol. The summed E-state index contributed by atoms with van der Waals surface area (Å²) in [4.78, 5) is 4.65. The van der Waals surface area contributed by atoms with Crippen LogP contribution in [-0.4, -0.2) is 37.7 Å². The number of fused-ring (bicyclic) bond motifs is 1. The maximum Gasteiger partial charge on any atom is 0.123 e. The number of hydrogen-bond acceptors (Lipinski definition) is 3. The number of aryl methyl sites for hydroxylation is 1. The lowest BCUT2D eigenvalue weighted by Crippen LogP contribution is -2.30. The van der Waals surface area contributed by atoms with E-state index in [4.69, 9.17) is 9.84 Å². The number of aliphatic imine (C=N–C) groups is 1. The van der Waals surface area contributed by atoms with Crippen molar-refractivity contribution in [2.24, 2.45) is 4.99 Å². The molecule has 4 aromatic rings. The van der Waals surface area contributed by atoms with Crippen LogP contribution in [0.2, 0.25) is 0 Å². The van der Waals surface area contributed by atoms with E-state index in [9.17, 15) is 4.39 Å². The van der Waals surface area contributed by atoms with Gasteiger partial charge in [0.15, 0.2) is 0 Å². The number of halogens is 1. The van der Waals surface area contributed by atoms with Crippen LogP contribution in [-0.2, 0) is 4.74 Å². The molecule has 0 aliphatic heterocycles. The molecule has 1 atom stereocenters. The Morgan fingerprint density at radius 1 is 0.900 bits per heavy atom. The van der Waals surface area contributed by atoms with Crippen molar-refractivity contribution in [1.29, 1.82) is 0 Å². The summed E-state index contributed by atoms with van der Waals surface area (Å²) < 4.78 is 18.8. The van der Waals surface area contributed by atoms with Crippen LogP contribution in [0, 0.1) is 12.7 Å². The summed E-state index contributed by atoms with van der Waals surface area (Å²) >= 11 is 0. The lowest BCUT2D eigenvalue weighted by molar-refractivity contribution is 0.113. The largest absolute Gasteiger partial charge is 0.400 e. The van der Waals surface area contributed by atoms with Gasteiger partial charge >= 0.3 is 0 Å². The number of ether oxygens (including phenoxy) is 1. The van der Waals surface area contributed by atoms with Gasteiger partial charge < -0.3 is 9.84 Å². The van der Waals surface area contributed by atoms with Gasteiger partial charge in [0.05, 0.1) is 5.71 Å². The van der Waals surface area contributed by atoms with Crippen molar-refractivity contribution in [3.63, 3.8) is 0 Å². The number of aliphatic hydroxyl groups is 1. The number of methoxy groups -OCH3 is 1. The van der Waals surface area contributed by atoms with Gasteiger partial charge in [0, 0.05) is 32.4 Å². The lowest BCUT2D eigenvalue weighted by Gasteiger charge is -2.15. The van der Waals surface area contributed by atoms with Crippen LogP contribution in [0.3, 0.4) is 0 Å². The molecule has 4 aromatic carbocycles. The molecule has 0 fully saturated rings. The molecule has 0 amide bonds. The SMILES string of the molecule is C=C.C=c1/c(=C(\C(=NC)c2ccc(F)cc2C)c2ccccc2)ccc2ccccc12.CO.COC1(C)C=C1C. The van der Waals surface area contributed by atoms with Gasteiger partial charge in [0.1, 0.15) is 11.4 Å². The van der Waals surface area contributed by atoms with Crippen molar-refractivity contribution in [2.75, 3.05) is 21.3 Å². The highest BCUT2D eigenvalue weighted by molar-refractivity contribution is 6.32. The average molecular weight is 538 g/mol. The van der Waals surface area contributed by atoms with E-state index >= 15 is 0 Å². The van der Waals surface area contributed by atoms with Crippen LogP contribution in [0.5, 0.6) is 0 Å². The zero-order chi connectivity index (χ0) is 29.9. The third-order valence-corrected chi connectivity index (χ3v) is 6.89. The van der Waals surface area contributed by atoms with Crippen LogP contribution >= 0.6 is 0 Å². The first-order valence-corrected chi connectivity index (χ1v) is 13.0. The van der Waals surface area contributed by atoms with Gasteiger partial charge in [-0.15, -0.1) is 13.2 Å². The quantitative estimate of drug-likeness (QED) is 0.230. The van der Waals surface area contributed by atoms with Crippen LogP contribution in [0.15, 0.2) is 115 Å². The molecule has 1 aliphatic rings. The van der Waals surface area contributed by atoms with E-state index in [0.29, 0.717) is 0 Å². The molecule has 208 valence electrons. The molecule has 0 saturated carbocycles. The van der Waals surface area contributed by atoms with Gasteiger partial charge in [-0.3, -0.25) is 4.99 Å². The van der Waals surface area contributed by atoms with E-state index in [2.05, 4.69) is 81.1 Å². The Kier molecular flexibility index (Phi) is 11.9. The van der Waals surface area contributed by atoms with Gasteiger partial charge in [0.2, 0.25) is 0 Å². The molecule has 4 heteroatoms. The predicted octanol–water partition coefficient (Wildman–Crippen LogP) is 6.78. The Hall–Kier alpha value is -4.12. The molecule has 0 saturated heterocycles. The van der Waals surface area contributed by atoms with Crippen molar-refractivity contribution in [3.8, 4) is 0 Å². The second-order valence-corrected chi connectivity index (χ2v) is 9.22. The number of nitrogens with zero attached hydrogens (tertiary/aromatic N) is 1. The molecule has 3 nitrogen and oxygen atoms in total. The Labute approximate surface area is 238 Å². The summed E-state index contributed by atoms with van der Waals surface area (Å²) in [5.41, 5.74) is 6.03. The zero-order valence-electron chi connectivity index (χ0n) is 24.5. The normalized spacial score (nSPS) is 16.2. The van der Waals surface area contributed by atoms with Crippen LogP contribution in [0.25, 0.3) is 22.9 Å². The van der Waals surface area contributed by atoms with Crippen LogP contribution in [0.4, 0.5) is 4.39 Å². The molecule has 40 heavy (non-hydrogen) atoms. The Morgan fingerprint density at radius 3 is 2.02 bits per heavy atom. The second kappa shape index (κ2) is 14.9. The standard InChI is InChI=1S/C27H22FN.C6H10O.C2H4.CH4O/c1-18-17-22(28)14-16-23(18)27(29-3)26(21-10-5-4-6-11-21)25-15-13-20-9-7-8-12-24(20)19(25)2;1-5-4-6(5,2)7-3;2*1-2/h4-17H,2H2,1,3H3;4H,1-3H3;1-2H2;2H,1H3/b26-25-,29-27?;;;. The summed E-state index contributed by atoms with van der Waals surface area (Å²) in [6.07, 6.45) is 2.10. The molecule has 0 aromatic heterocycles. The number of aliphatic hydroxyl groups excluding tert-OH is 1. The summed E-state index contributed by atoms with van der Waals surface area (Å²) in [5.74, 6) is -0.244. The van der Waals surface area contributed by atoms with Crippen molar-refractivity contribution >= 4 is 28.6 Å². The number of benzene rings is 4. The topological polar surface area (TPSA) is 41.8 Å². The lowest BCUT2D eigenvalue weighted by atomic mass is 9.90. The maximum atomic E-state index is 13.7. The van der Waals surface area contributed by atoms with Gasteiger partial charge in [0.25, 0.3) is 0 Å². The van der Waals surface area contributed by atoms with E-state index in [1.165, 1.54) is 11.6 Å². The van der Waals surface area contributed by atoms with Crippen molar-refractivity contribution < 1.29 is 14.2 Å². The maximum absolute atomic E-state index is 13.7. The monoisotopic (exact) mass is 537 g/mol. The summed E-state index contributed by atoms with van der Waals surface area (Å²) in [5, 5.41) is 11.3. The van der Waals surface area contributed by atoms with Gasteiger partial charge in [-0.2, -0.15) is 0 Å². The van der Waals surface area contributed by atoms with E-state index in [0.717, 1.165) is 56.3 Å². The van der Waals surface area contributed by atoms with Crippen molar-refractivity contribution in [3.05, 3.63) is 143 Å². The minimum absolute atomic E-state index is 0.0417. The average Bonchev–Trinajstić information content (AvgIpc) is 3.62. The first kappa shape index (κ1) is 32.1. The second-order valence-electron chi connectivity index (χ2n) is 9.22. The Bertz CT molecular complexity index is 1610. The molecule has 0 spiro atoms. The van der Waals surface area contributed by atoms with Crippen LogP contribution in [0.1, 0.15) is 30.5 Å². The predicted molar refractivity (Wildman–Crippen MR) is 170 cm³/mol. The summed E-state index contributed by atoms with van der Waals surface area (Å²) in [7, 11) is 4.51. The Balaban J connectivity index is 0.000000434. The molecule has 5 rings (SSSR count). The molecule has 0 radical (unpaired) electrons. The highest BCUT2D eigenvalue weighted by Crippen LogP contribution is 2.35. The molecule has 0 heterocycles.